The Morgan fingerprint density at radius 1 is 1.00 bits per heavy atom. The van der Waals surface area contributed by atoms with E-state index in [9.17, 15) is 13.9 Å². The maximum absolute atomic E-state index is 13.0. The highest BCUT2D eigenvalue weighted by atomic mass is 19.2. The van der Waals surface area contributed by atoms with Crippen molar-refractivity contribution in [3.8, 4) is 0 Å². The van der Waals surface area contributed by atoms with E-state index < -0.39 is 17.7 Å². The molecule has 0 saturated carbocycles. The molecule has 0 radical (unpaired) electrons. The van der Waals surface area contributed by atoms with Crippen molar-refractivity contribution < 1.29 is 13.9 Å². The van der Waals surface area contributed by atoms with Crippen molar-refractivity contribution in [3.05, 3.63) is 71.3 Å². The molecule has 0 amide bonds. The third kappa shape index (κ3) is 3.84. The van der Waals surface area contributed by atoms with Gasteiger partial charge in [0, 0.05) is 13.1 Å². The van der Waals surface area contributed by atoms with Crippen LogP contribution in [0.1, 0.15) is 17.2 Å². The van der Waals surface area contributed by atoms with Crippen molar-refractivity contribution in [2.24, 2.45) is 0 Å². The maximum atomic E-state index is 13.0. The lowest BCUT2D eigenvalue weighted by Crippen LogP contribution is -2.21. The number of hydrogen-bond donors (Lipinski definition) is 2. The fraction of sp³-hybridized carbons (Fsp3) is 0.200. The van der Waals surface area contributed by atoms with Crippen molar-refractivity contribution in [3.63, 3.8) is 0 Å². The quantitative estimate of drug-likeness (QED) is 0.869. The van der Waals surface area contributed by atoms with Gasteiger partial charge >= 0.3 is 0 Å². The fourth-order valence-electron chi connectivity index (χ4n) is 1.79. The van der Waals surface area contributed by atoms with Gasteiger partial charge in [0.25, 0.3) is 0 Å². The van der Waals surface area contributed by atoms with Gasteiger partial charge in [-0.05, 0) is 23.3 Å². The van der Waals surface area contributed by atoms with Gasteiger partial charge < -0.3 is 10.4 Å². The van der Waals surface area contributed by atoms with E-state index in [0.29, 0.717) is 12.1 Å². The Labute approximate surface area is 110 Å². The third-order valence-corrected chi connectivity index (χ3v) is 2.84. The summed E-state index contributed by atoms with van der Waals surface area (Å²) in [6.07, 6.45) is -0.862. The molecule has 1 unspecified atom stereocenters. The zero-order valence-corrected chi connectivity index (χ0v) is 10.3. The molecule has 4 heteroatoms. The van der Waals surface area contributed by atoms with Gasteiger partial charge in [-0.2, -0.15) is 0 Å². The first-order chi connectivity index (χ1) is 9.16. The molecule has 0 aromatic heterocycles. The standard InChI is InChI=1S/C15H15F2NO/c16-13-7-6-12(8-14(13)17)15(19)10-18-9-11-4-2-1-3-5-11/h1-8,15,18-19H,9-10H2. The Balaban J connectivity index is 1.87. The molecule has 0 aliphatic rings. The Morgan fingerprint density at radius 3 is 2.42 bits per heavy atom. The summed E-state index contributed by atoms with van der Waals surface area (Å²) in [6.45, 7) is 0.890. The molecule has 0 fully saturated rings. The van der Waals surface area contributed by atoms with Crippen molar-refractivity contribution in [1.29, 1.82) is 0 Å². The van der Waals surface area contributed by atoms with Gasteiger partial charge in [0.2, 0.25) is 0 Å². The number of rotatable bonds is 5. The van der Waals surface area contributed by atoms with Gasteiger partial charge in [-0.1, -0.05) is 36.4 Å². The number of halogens is 2. The average Bonchev–Trinajstić information content (AvgIpc) is 2.43. The van der Waals surface area contributed by atoms with Crippen LogP contribution in [-0.4, -0.2) is 11.7 Å². The molecule has 0 aliphatic carbocycles. The van der Waals surface area contributed by atoms with E-state index in [4.69, 9.17) is 0 Å². The second-order valence-electron chi connectivity index (χ2n) is 4.31. The lowest BCUT2D eigenvalue weighted by Gasteiger charge is -2.12. The smallest absolute Gasteiger partial charge is 0.159 e. The minimum Gasteiger partial charge on any atom is -0.387 e. The van der Waals surface area contributed by atoms with Crippen molar-refractivity contribution in [1.82, 2.24) is 5.32 Å². The van der Waals surface area contributed by atoms with Gasteiger partial charge in [0.15, 0.2) is 11.6 Å². The molecule has 2 aromatic carbocycles. The Bertz CT molecular complexity index is 531. The highest BCUT2D eigenvalue weighted by Crippen LogP contribution is 2.15. The zero-order valence-electron chi connectivity index (χ0n) is 10.3. The van der Waals surface area contributed by atoms with Crippen molar-refractivity contribution in [2.45, 2.75) is 12.6 Å². The SMILES string of the molecule is OC(CNCc1ccccc1)c1ccc(F)c(F)c1. The lowest BCUT2D eigenvalue weighted by atomic mass is 10.1. The molecule has 0 heterocycles. The van der Waals surface area contributed by atoms with Crippen LogP contribution in [0, 0.1) is 11.6 Å². The molecule has 100 valence electrons. The summed E-state index contributed by atoms with van der Waals surface area (Å²) in [6, 6.07) is 13.2. The van der Waals surface area contributed by atoms with E-state index >= 15 is 0 Å². The molecule has 0 saturated heterocycles. The predicted octanol–water partition coefficient (Wildman–Crippen LogP) is 2.79. The van der Waals surface area contributed by atoms with Crippen LogP contribution in [0.3, 0.4) is 0 Å². The highest BCUT2D eigenvalue weighted by molar-refractivity contribution is 5.20. The topological polar surface area (TPSA) is 32.3 Å². The van der Waals surface area contributed by atoms with Gasteiger partial charge in [-0.15, -0.1) is 0 Å². The van der Waals surface area contributed by atoms with Crippen LogP contribution < -0.4 is 5.32 Å². The monoisotopic (exact) mass is 263 g/mol. The summed E-state index contributed by atoms with van der Waals surface area (Å²) in [5.74, 6) is -1.85. The van der Waals surface area contributed by atoms with E-state index in [0.717, 1.165) is 17.7 Å². The highest BCUT2D eigenvalue weighted by Gasteiger charge is 2.10. The molecule has 19 heavy (non-hydrogen) atoms. The van der Waals surface area contributed by atoms with Crippen LogP contribution in [0.5, 0.6) is 0 Å². The van der Waals surface area contributed by atoms with Crippen LogP contribution in [0.2, 0.25) is 0 Å². The molecule has 0 aliphatic heterocycles. The first-order valence-electron chi connectivity index (χ1n) is 6.04. The second-order valence-corrected chi connectivity index (χ2v) is 4.31. The van der Waals surface area contributed by atoms with Crippen molar-refractivity contribution in [2.75, 3.05) is 6.54 Å². The number of aliphatic hydroxyl groups excluding tert-OH is 1. The molecule has 1 atom stereocenters. The summed E-state index contributed by atoms with van der Waals surface area (Å²) >= 11 is 0. The van der Waals surface area contributed by atoms with Crippen LogP contribution in [0.15, 0.2) is 48.5 Å². The first-order valence-corrected chi connectivity index (χ1v) is 6.04. The van der Waals surface area contributed by atoms with Crippen LogP contribution in [0.25, 0.3) is 0 Å². The molecular weight excluding hydrogens is 248 g/mol. The van der Waals surface area contributed by atoms with E-state index in [1.54, 1.807) is 0 Å². The van der Waals surface area contributed by atoms with E-state index in [2.05, 4.69) is 5.32 Å². The third-order valence-electron chi connectivity index (χ3n) is 2.84. The van der Waals surface area contributed by atoms with Crippen LogP contribution in [-0.2, 0) is 6.54 Å². The average molecular weight is 263 g/mol. The Kier molecular flexibility index (Phi) is 4.60. The van der Waals surface area contributed by atoms with E-state index in [-0.39, 0.29) is 6.54 Å². The normalized spacial score (nSPS) is 12.4. The predicted molar refractivity (Wildman–Crippen MR) is 69.5 cm³/mol. The van der Waals surface area contributed by atoms with Crippen LogP contribution in [0.4, 0.5) is 8.78 Å². The number of nitrogens with one attached hydrogen (secondary N) is 1. The largest absolute Gasteiger partial charge is 0.387 e. The van der Waals surface area contributed by atoms with Gasteiger partial charge in [-0.3, -0.25) is 0 Å². The summed E-state index contributed by atoms with van der Waals surface area (Å²) in [4.78, 5) is 0. The number of hydrogen-bond acceptors (Lipinski definition) is 2. The maximum Gasteiger partial charge on any atom is 0.159 e. The summed E-state index contributed by atoms with van der Waals surface area (Å²) < 4.78 is 25.8. The van der Waals surface area contributed by atoms with Crippen molar-refractivity contribution >= 4 is 0 Å². The number of benzene rings is 2. The van der Waals surface area contributed by atoms with Gasteiger partial charge in [-0.25, -0.2) is 8.78 Å². The fourth-order valence-corrected chi connectivity index (χ4v) is 1.79. The molecule has 2 N–H and O–H groups in total. The lowest BCUT2D eigenvalue weighted by molar-refractivity contribution is 0.173. The minimum absolute atomic E-state index is 0.278. The second kappa shape index (κ2) is 6.41. The zero-order chi connectivity index (χ0) is 13.7. The summed E-state index contributed by atoms with van der Waals surface area (Å²) in [5.41, 5.74) is 1.46. The molecule has 2 rings (SSSR count). The summed E-state index contributed by atoms with van der Waals surface area (Å²) in [7, 11) is 0. The first kappa shape index (κ1) is 13.6. The molecule has 2 aromatic rings. The minimum atomic E-state index is -0.945. The van der Waals surface area contributed by atoms with E-state index in [1.165, 1.54) is 6.07 Å². The molecule has 2 nitrogen and oxygen atoms in total. The number of aliphatic hydroxyl groups is 1. The molecule has 0 bridgehead atoms. The Morgan fingerprint density at radius 2 is 1.74 bits per heavy atom. The van der Waals surface area contributed by atoms with Gasteiger partial charge in [0.1, 0.15) is 0 Å². The van der Waals surface area contributed by atoms with Gasteiger partial charge in [0.05, 0.1) is 6.10 Å². The molecule has 0 spiro atoms. The summed E-state index contributed by atoms with van der Waals surface area (Å²) in [5, 5.41) is 12.9. The van der Waals surface area contributed by atoms with E-state index in [1.807, 2.05) is 30.3 Å². The Hall–Kier alpha value is -1.78. The molecular formula is C15H15F2NO. The van der Waals surface area contributed by atoms with Crippen LogP contribution >= 0.6 is 0 Å².